The molecule has 0 aliphatic carbocycles. The van der Waals surface area contributed by atoms with Gasteiger partial charge in [0.15, 0.2) is 11.5 Å². The third kappa shape index (κ3) is 4.97. The highest BCUT2D eigenvalue weighted by molar-refractivity contribution is 6.35. The van der Waals surface area contributed by atoms with Crippen molar-refractivity contribution in [3.8, 4) is 11.3 Å². The van der Waals surface area contributed by atoms with Crippen molar-refractivity contribution in [1.82, 2.24) is 0 Å². The highest BCUT2D eigenvalue weighted by Gasteiger charge is 2.11. The van der Waals surface area contributed by atoms with Crippen LogP contribution in [0.15, 0.2) is 87.9 Å². The number of carbonyl (C=O) groups excluding carboxylic acids is 2. The van der Waals surface area contributed by atoms with Crippen LogP contribution in [0.1, 0.15) is 26.7 Å². The van der Waals surface area contributed by atoms with Crippen LogP contribution in [0.25, 0.3) is 17.4 Å². The zero-order chi connectivity index (χ0) is 21.8. The molecule has 0 saturated heterocycles. The molecule has 0 aliphatic heterocycles. The van der Waals surface area contributed by atoms with Gasteiger partial charge >= 0.3 is 0 Å². The summed E-state index contributed by atoms with van der Waals surface area (Å²) in [6, 6.07) is 18.4. The number of allylic oxidation sites excluding steroid dienone is 1. The van der Waals surface area contributed by atoms with Crippen molar-refractivity contribution in [2.24, 2.45) is 0 Å². The van der Waals surface area contributed by atoms with Gasteiger partial charge in [-0.3, -0.25) is 9.59 Å². The van der Waals surface area contributed by atoms with Crippen LogP contribution in [0.3, 0.4) is 0 Å². The average Bonchev–Trinajstić information content (AvgIpc) is 3.46. The number of carbonyl (C=O) groups is 2. The first-order valence-corrected chi connectivity index (χ1v) is 9.98. The van der Waals surface area contributed by atoms with Crippen molar-refractivity contribution in [2.45, 2.75) is 0 Å². The lowest BCUT2D eigenvalue weighted by molar-refractivity contribution is 0.0994. The molecule has 0 spiro atoms. The number of anilines is 1. The molecule has 7 heteroatoms. The first-order valence-electron chi connectivity index (χ1n) is 9.22. The third-order valence-electron chi connectivity index (χ3n) is 4.37. The summed E-state index contributed by atoms with van der Waals surface area (Å²) >= 11 is 12.2. The summed E-state index contributed by atoms with van der Waals surface area (Å²) in [5.41, 5.74) is 1.56. The van der Waals surface area contributed by atoms with Gasteiger partial charge in [0.2, 0.25) is 0 Å². The number of hydrogen-bond acceptors (Lipinski definition) is 4. The fraction of sp³-hybridized carbons (Fsp3) is 0. The SMILES string of the molecule is O=C(/C=C/c1ccc(-c2cc(Cl)ccc2Cl)o1)c1cccc(NC(=O)c2ccco2)c1. The highest BCUT2D eigenvalue weighted by atomic mass is 35.5. The van der Waals surface area contributed by atoms with Gasteiger partial charge in [0.05, 0.1) is 11.3 Å². The lowest BCUT2D eigenvalue weighted by Gasteiger charge is -2.04. The fourth-order valence-electron chi connectivity index (χ4n) is 2.88. The maximum atomic E-state index is 12.6. The number of nitrogens with one attached hydrogen (secondary N) is 1. The Morgan fingerprint density at radius 1 is 0.935 bits per heavy atom. The normalized spacial score (nSPS) is 11.0. The second kappa shape index (κ2) is 9.08. The van der Waals surface area contributed by atoms with Gasteiger partial charge < -0.3 is 14.2 Å². The minimum atomic E-state index is -0.395. The Balaban J connectivity index is 1.47. The van der Waals surface area contributed by atoms with Gasteiger partial charge in [0, 0.05) is 21.8 Å². The Morgan fingerprint density at radius 2 is 1.81 bits per heavy atom. The largest absolute Gasteiger partial charge is 0.459 e. The smallest absolute Gasteiger partial charge is 0.291 e. The summed E-state index contributed by atoms with van der Waals surface area (Å²) < 4.78 is 10.8. The second-order valence-corrected chi connectivity index (χ2v) is 7.38. The first-order chi connectivity index (χ1) is 15.0. The van der Waals surface area contributed by atoms with Crippen LogP contribution < -0.4 is 5.32 Å². The number of hydrogen-bond donors (Lipinski definition) is 1. The van der Waals surface area contributed by atoms with E-state index >= 15 is 0 Å². The van der Waals surface area contributed by atoms with Gasteiger partial charge in [0.1, 0.15) is 11.5 Å². The van der Waals surface area contributed by atoms with Gasteiger partial charge in [0.25, 0.3) is 5.91 Å². The van der Waals surface area contributed by atoms with Crippen molar-refractivity contribution in [2.75, 3.05) is 5.32 Å². The van der Waals surface area contributed by atoms with Crippen LogP contribution in [0.4, 0.5) is 5.69 Å². The van der Waals surface area contributed by atoms with E-state index in [1.807, 2.05) is 0 Å². The molecular weight excluding hydrogens is 437 g/mol. The van der Waals surface area contributed by atoms with E-state index in [-0.39, 0.29) is 11.5 Å². The van der Waals surface area contributed by atoms with Gasteiger partial charge in [-0.1, -0.05) is 35.3 Å². The van der Waals surface area contributed by atoms with E-state index in [0.717, 1.165) is 0 Å². The van der Waals surface area contributed by atoms with E-state index in [2.05, 4.69) is 5.32 Å². The monoisotopic (exact) mass is 451 g/mol. The minimum Gasteiger partial charge on any atom is -0.459 e. The van der Waals surface area contributed by atoms with Gasteiger partial charge in [-0.2, -0.15) is 0 Å². The van der Waals surface area contributed by atoms with E-state index < -0.39 is 5.91 Å². The van der Waals surface area contributed by atoms with Crippen LogP contribution >= 0.6 is 23.2 Å². The molecule has 0 bridgehead atoms. The summed E-state index contributed by atoms with van der Waals surface area (Å²) in [7, 11) is 0. The van der Waals surface area contributed by atoms with Gasteiger partial charge in [-0.25, -0.2) is 0 Å². The third-order valence-corrected chi connectivity index (χ3v) is 4.93. The molecule has 0 radical (unpaired) electrons. The van der Waals surface area contributed by atoms with Crippen LogP contribution in [-0.4, -0.2) is 11.7 Å². The molecule has 5 nitrogen and oxygen atoms in total. The molecule has 0 fully saturated rings. The van der Waals surface area contributed by atoms with E-state index in [0.29, 0.717) is 38.4 Å². The molecule has 2 aromatic heterocycles. The van der Waals surface area contributed by atoms with Crippen molar-refractivity contribution < 1.29 is 18.4 Å². The Kier molecular flexibility index (Phi) is 6.07. The number of amides is 1. The fourth-order valence-corrected chi connectivity index (χ4v) is 3.26. The Bertz CT molecular complexity index is 1270. The molecule has 31 heavy (non-hydrogen) atoms. The minimum absolute atomic E-state index is 0.185. The highest BCUT2D eigenvalue weighted by Crippen LogP contribution is 2.32. The molecule has 1 N–H and O–H groups in total. The van der Waals surface area contributed by atoms with Crippen molar-refractivity contribution in [1.29, 1.82) is 0 Å². The maximum absolute atomic E-state index is 12.6. The summed E-state index contributed by atoms with van der Waals surface area (Å²) in [4.78, 5) is 24.7. The molecule has 4 rings (SSSR count). The molecule has 4 aromatic rings. The molecule has 0 saturated carbocycles. The quantitative estimate of drug-likeness (QED) is 0.253. The number of ketones is 1. The summed E-state index contributed by atoms with van der Waals surface area (Å²) in [5.74, 6) is 0.578. The van der Waals surface area contributed by atoms with E-state index in [9.17, 15) is 9.59 Å². The van der Waals surface area contributed by atoms with E-state index in [1.54, 1.807) is 72.8 Å². The maximum Gasteiger partial charge on any atom is 0.291 e. The number of rotatable bonds is 6. The molecule has 154 valence electrons. The molecule has 1 amide bonds. The number of benzene rings is 2. The average molecular weight is 452 g/mol. The van der Waals surface area contributed by atoms with Crippen molar-refractivity contribution in [3.05, 3.63) is 106 Å². The Hall–Kier alpha value is -3.54. The van der Waals surface area contributed by atoms with Crippen LogP contribution in [-0.2, 0) is 0 Å². The lowest BCUT2D eigenvalue weighted by atomic mass is 10.1. The number of furan rings is 2. The molecule has 2 heterocycles. The summed E-state index contributed by atoms with van der Waals surface area (Å²) in [6.07, 6.45) is 4.38. The topological polar surface area (TPSA) is 72.5 Å². The first kappa shape index (κ1) is 20.7. The van der Waals surface area contributed by atoms with Crippen molar-refractivity contribution in [3.63, 3.8) is 0 Å². The Labute approximate surface area is 187 Å². The predicted molar refractivity (Wildman–Crippen MR) is 121 cm³/mol. The van der Waals surface area contributed by atoms with Gasteiger partial charge in [-0.15, -0.1) is 0 Å². The van der Waals surface area contributed by atoms with Crippen molar-refractivity contribution >= 4 is 46.7 Å². The zero-order valence-electron chi connectivity index (χ0n) is 16.0. The molecule has 2 aromatic carbocycles. The second-order valence-electron chi connectivity index (χ2n) is 6.54. The van der Waals surface area contributed by atoms with Crippen LogP contribution in [0.5, 0.6) is 0 Å². The summed E-state index contributed by atoms with van der Waals surface area (Å²) in [6.45, 7) is 0. The van der Waals surface area contributed by atoms with Crippen LogP contribution in [0.2, 0.25) is 10.0 Å². The standard InChI is InChI=1S/C24H15Cl2NO4/c25-16-6-9-20(26)19(14-16)22-11-8-18(31-22)7-10-21(28)15-3-1-4-17(13-15)27-24(29)23-5-2-12-30-23/h1-14H,(H,27,29)/b10-7+. The molecular formula is C24H15Cl2NO4. The predicted octanol–water partition coefficient (Wildman–Crippen LogP) is 6.99. The lowest BCUT2D eigenvalue weighted by Crippen LogP contribution is -2.11. The molecule has 0 aliphatic rings. The molecule has 0 atom stereocenters. The number of halogens is 2. The van der Waals surface area contributed by atoms with Crippen LogP contribution in [0, 0.1) is 0 Å². The summed E-state index contributed by atoms with van der Waals surface area (Å²) in [5, 5.41) is 3.75. The van der Waals surface area contributed by atoms with Gasteiger partial charge in [-0.05, 0) is 66.7 Å². The van der Waals surface area contributed by atoms with E-state index in [4.69, 9.17) is 32.0 Å². The molecule has 0 unspecified atom stereocenters. The van der Waals surface area contributed by atoms with E-state index in [1.165, 1.54) is 12.3 Å². The Morgan fingerprint density at radius 3 is 2.61 bits per heavy atom. The zero-order valence-corrected chi connectivity index (χ0v) is 17.5.